The van der Waals surface area contributed by atoms with Crippen molar-refractivity contribution in [3.8, 4) is 0 Å². The highest BCUT2D eigenvalue weighted by atomic mass is 79.9. The first-order valence-electron chi connectivity index (χ1n) is 7.05. The Morgan fingerprint density at radius 1 is 1.26 bits per heavy atom. The molecule has 1 heterocycles. The van der Waals surface area contributed by atoms with Gasteiger partial charge in [0.25, 0.3) is 0 Å². The van der Waals surface area contributed by atoms with Crippen molar-refractivity contribution in [1.29, 1.82) is 0 Å². The largest absolute Gasteiger partial charge is 0.309 e. The topological polar surface area (TPSA) is 18.5 Å². The van der Waals surface area contributed by atoms with E-state index in [1.54, 1.807) is 0 Å². The predicted molar refractivity (Wildman–Crippen MR) is 84.5 cm³/mol. The van der Waals surface area contributed by atoms with Crippen LogP contribution >= 0.6 is 15.9 Å². The second-order valence-electron chi connectivity index (χ2n) is 5.38. The second-order valence-corrected chi connectivity index (χ2v) is 6.29. The number of hydrogen-bond acceptors (Lipinski definition) is 3. The molecule has 0 amide bonds. The average Bonchev–Trinajstić information content (AvgIpc) is 2.41. The number of hydrogen-bond donors (Lipinski definition) is 1. The molecule has 0 saturated carbocycles. The van der Waals surface area contributed by atoms with E-state index in [-0.39, 0.29) is 0 Å². The van der Waals surface area contributed by atoms with Crippen molar-refractivity contribution in [3.05, 3.63) is 34.3 Å². The first-order chi connectivity index (χ1) is 9.15. The van der Waals surface area contributed by atoms with Crippen molar-refractivity contribution in [2.45, 2.75) is 13.0 Å². The fourth-order valence-corrected chi connectivity index (χ4v) is 2.82. The third-order valence-corrected chi connectivity index (χ3v) is 4.32. The van der Waals surface area contributed by atoms with Crippen LogP contribution in [-0.4, -0.2) is 56.1 Å². The molecule has 1 aromatic carbocycles. The van der Waals surface area contributed by atoms with E-state index in [1.807, 2.05) is 0 Å². The summed E-state index contributed by atoms with van der Waals surface area (Å²) in [5, 5.41) is 3.61. The molecular weight excluding hydrogens is 302 g/mol. The number of piperazine rings is 1. The van der Waals surface area contributed by atoms with Gasteiger partial charge in [-0.25, -0.2) is 0 Å². The third-order valence-electron chi connectivity index (χ3n) is 3.82. The summed E-state index contributed by atoms with van der Waals surface area (Å²) in [4.78, 5) is 4.94. The Hall–Kier alpha value is -0.420. The van der Waals surface area contributed by atoms with Crippen LogP contribution in [0.3, 0.4) is 0 Å². The van der Waals surface area contributed by atoms with Crippen LogP contribution in [0.25, 0.3) is 0 Å². The van der Waals surface area contributed by atoms with Crippen LogP contribution in [0.15, 0.2) is 28.7 Å². The molecule has 1 aliphatic rings. The summed E-state index contributed by atoms with van der Waals surface area (Å²) in [6.45, 7) is 9.21. The van der Waals surface area contributed by atoms with Crippen LogP contribution in [-0.2, 0) is 0 Å². The molecule has 3 nitrogen and oxygen atoms in total. The molecule has 1 N–H and O–H groups in total. The lowest BCUT2D eigenvalue weighted by Crippen LogP contribution is -2.46. The zero-order valence-corrected chi connectivity index (χ0v) is 13.5. The first-order valence-corrected chi connectivity index (χ1v) is 7.84. The molecule has 0 spiro atoms. The minimum absolute atomic E-state index is 0.407. The maximum Gasteiger partial charge on any atom is 0.0292 e. The maximum atomic E-state index is 3.61. The molecule has 0 bridgehead atoms. The van der Waals surface area contributed by atoms with Crippen LogP contribution < -0.4 is 5.32 Å². The third kappa shape index (κ3) is 4.88. The van der Waals surface area contributed by atoms with Gasteiger partial charge in [0.2, 0.25) is 0 Å². The number of likely N-dealkylation sites (N-methyl/N-ethyl adjacent to an activating group) is 1. The van der Waals surface area contributed by atoms with E-state index in [9.17, 15) is 0 Å². The lowest BCUT2D eigenvalue weighted by Gasteiger charge is -2.32. The maximum absolute atomic E-state index is 3.61. The molecule has 1 fully saturated rings. The summed E-state index contributed by atoms with van der Waals surface area (Å²) in [5.41, 5.74) is 1.34. The van der Waals surface area contributed by atoms with Gasteiger partial charge in [-0.1, -0.05) is 28.1 Å². The molecule has 4 heteroatoms. The number of rotatable bonds is 5. The fourth-order valence-electron chi connectivity index (χ4n) is 2.40. The molecule has 2 rings (SSSR count). The van der Waals surface area contributed by atoms with Gasteiger partial charge < -0.3 is 10.2 Å². The molecule has 0 radical (unpaired) electrons. The van der Waals surface area contributed by atoms with Crippen molar-refractivity contribution in [2.75, 3.05) is 46.3 Å². The summed E-state index contributed by atoms with van der Waals surface area (Å²) in [5.74, 6) is 0. The summed E-state index contributed by atoms with van der Waals surface area (Å²) in [6, 6.07) is 8.94. The highest BCUT2D eigenvalue weighted by Crippen LogP contribution is 2.17. The average molecular weight is 326 g/mol. The van der Waals surface area contributed by atoms with Gasteiger partial charge >= 0.3 is 0 Å². The van der Waals surface area contributed by atoms with Crippen LogP contribution in [0.5, 0.6) is 0 Å². The zero-order chi connectivity index (χ0) is 13.7. The van der Waals surface area contributed by atoms with Gasteiger partial charge in [0.1, 0.15) is 0 Å². The minimum Gasteiger partial charge on any atom is -0.309 e. The molecule has 0 aliphatic carbocycles. The van der Waals surface area contributed by atoms with Crippen LogP contribution in [0.2, 0.25) is 0 Å². The van der Waals surface area contributed by atoms with Gasteiger partial charge in [-0.15, -0.1) is 0 Å². The van der Waals surface area contributed by atoms with Gasteiger partial charge in [0.05, 0.1) is 0 Å². The lowest BCUT2D eigenvalue weighted by molar-refractivity contribution is 0.154. The number of nitrogens with one attached hydrogen (secondary N) is 1. The normalized spacial score (nSPS) is 19.5. The van der Waals surface area contributed by atoms with Gasteiger partial charge in [0.15, 0.2) is 0 Å². The van der Waals surface area contributed by atoms with E-state index in [1.165, 1.54) is 31.7 Å². The van der Waals surface area contributed by atoms with Crippen LogP contribution in [0.1, 0.15) is 18.5 Å². The van der Waals surface area contributed by atoms with Crippen LogP contribution in [0.4, 0.5) is 0 Å². The van der Waals surface area contributed by atoms with E-state index in [0.29, 0.717) is 6.04 Å². The van der Waals surface area contributed by atoms with Gasteiger partial charge in [-0.2, -0.15) is 0 Å². The van der Waals surface area contributed by atoms with Crippen molar-refractivity contribution in [1.82, 2.24) is 15.1 Å². The van der Waals surface area contributed by atoms with E-state index in [4.69, 9.17) is 0 Å². The summed E-state index contributed by atoms with van der Waals surface area (Å²) in [6.07, 6.45) is 0. The first kappa shape index (κ1) is 15.0. The molecule has 19 heavy (non-hydrogen) atoms. The molecule has 1 aromatic rings. The van der Waals surface area contributed by atoms with Gasteiger partial charge in [-0.3, -0.25) is 4.90 Å². The second kappa shape index (κ2) is 7.39. The summed E-state index contributed by atoms with van der Waals surface area (Å²) >= 11 is 3.53. The number of halogens is 1. The van der Waals surface area contributed by atoms with E-state index in [0.717, 1.165) is 17.6 Å². The summed E-state index contributed by atoms with van der Waals surface area (Å²) < 4.78 is 1.15. The van der Waals surface area contributed by atoms with Crippen molar-refractivity contribution in [3.63, 3.8) is 0 Å². The van der Waals surface area contributed by atoms with E-state index in [2.05, 4.69) is 69.3 Å². The Morgan fingerprint density at radius 3 is 2.68 bits per heavy atom. The lowest BCUT2D eigenvalue weighted by atomic mass is 10.1. The van der Waals surface area contributed by atoms with Crippen molar-refractivity contribution >= 4 is 15.9 Å². The predicted octanol–water partition coefficient (Wildman–Crippen LogP) is 2.35. The Morgan fingerprint density at radius 2 is 2.00 bits per heavy atom. The van der Waals surface area contributed by atoms with Crippen molar-refractivity contribution in [2.24, 2.45) is 0 Å². The molecule has 1 saturated heterocycles. The molecule has 106 valence electrons. The van der Waals surface area contributed by atoms with E-state index < -0.39 is 0 Å². The van der Waals surface area contributed by atoms with Crippen molar-refractivity contribution < 1.29 is 0 Å². The van der Waals surface area contributed by atoms with Gasteiger partial charge in [-0.05, 0) is 31.7 Å². The Balaban J connectivity index is 1.70. The highest BCUT2D eigenvalue weighted by Gasteiger charge is 2.13. The Labute approximate surface area is 125 Å². The minimum atomic E-state index is 0.407. The molecule has 1 aliphatic heterocycles. The zero-order valence-electron chi connectivity index (χ0n) is 11.9. The number of nitrogens with zero attached hydrogens (tertiary/aromatic N) is 2. The molecular formula is C15H24BrN3. The molecule has 0 aromatic heterocycles. The molecule has 1 unspecified atom stereocenters. The smallest absolute Gasteiger partial charge is 0.0292 e. The monoisotopic (exact) mass is 325 g/mol. The van der Waals surface area contributed by atoms with E-state index >= 15 is 0 Å². The quantitative estimate of drug-likeness (QED) is 0.896. The number of benzene rings is 1. The Kier molecular flexibility index (Phi) is 5.82. The van der Waals surface area contributed by atoms with Crippen LogP contribution in [0, 0.1) is 0 Å². The highest BCUT2D eigenvalue weighted by molar-refractivity contribution is 9.10. The fraction of sp³-hybridized carbons (Fsp3) is 0.600. The standard InChI is InChI=1S/C15H24BrN3/c1-13(14-4-3-5-15(16)12-14)17-6-7-19-10-8-18(2)9-11-19/h3-5,12-13,17H,6-11H2,1-2H3. The SMILES string of the molecule is CC(NCCN1CCN(C)CC1)c1cccc(Br)c1. The van der Waals surface area contributed by atoms with Gasteiger partial charge in [0, 0.05) is 49.8 Å². The Bertz CT molecular complexity index is 389. The summed E-state index contributed by atoms with van der Waals surface area (Å²) in [7, 11) is 2.20. The molecule has 1 atom stereocenters.